The molecular formula is C15H17N7OS. The van der Waals surface area contributed by atoms with Gasteiger partial charge in [0.25, 0.3) is 0 Å². The fourth-order valence-corrected chi connectivity index (χ4v) is 3.94. The van der Waals surface area contributed by atoms with Crippen LogP contribution in [0.2, 0.25) is 0 Å². The third-order valence-corrected chi connectivity index (χ3v) is 5.34. The first-order valence-electron chi connectivity index (χ1n) is 8.14. The monoisotopic (exact) mass is 343 g/mol. The topological polar surface area (TPSA) is 84.8 Å². The molecule has 0 unspecified atom stereocenters. The Balaban J connectivity index is 1.51. The number of nitrogens with zero attached hydrogens (tertiary/aromatic N) is 6. The van der Waals surface area contributed by atoms with Gasteiger partial charge in [-0.3, -0.25) is 4.57 Å². The molecule has 124 valence electrons. The van der Waals surface area contributed by atoms with Gasteiger partial charge in [-0.25, -0.2) is 9.97 Å². The molecule has 0 spiro atoms. The number of aromatic amines is 1. The summed E-state index contributed by atoms with van der Waals surface area (Å²) >= 11 is 1.56. The molecule has 1 aliphatic heterocycles. The quantitative estimate of drug-likeness (QED) is 0.724. The molecule has 0 amide bonds. The molecule has 1 saturated carbocycles. The molecular weight excluding hydrogens is 326 g/mol. The first kappa shape index (κ1) is 14.2. The van der Waals surface area contributed by atoms with E-state index in [2.05, 4.69) is 34.6 Å². The van der Waals surface area contributed by atoms with Gasteiger partial charge < -0.3 is 14.6 Å². The molecule has 3 aromatic heterocycles. The molecule has 3 aromatic rings. The number of H-pyrrole nitrogens is 1. The van der Waals surface area contributed by atoms with Crippen LogP contribution in [-0.2, 0) is 4.74 Å². The zero-order valence-electron chi connectivity index (χ0n) is 13.1. The Bertz CT molecular complexity index is 866. The van der Waals surface area contributed by atoms with E-state index in [4.69, 9.17) is 4.74 Å². The summed E-state index contributed by atoms with van der Waals surface area (Å²) in [4.78, 5) is 14.1. The molecule has 8 nitrogen and oxygen atoms in total. The molecule has 0 aromatic carbocycles. The number of anilines is 1. The third-order valence-electron chi connectivity index (χ3n) is 4.36. The molecule has 0 bridgehead atoms. The van der Waals surface area contributed by atoms with Gasteiger partial charge in [0.2, 0.25) is 5.95 Å². The number of aromatic nitrogens is 6. The first-order chi connectivity index (χ1) is 11.9. The minimum absolute atomic E-state index is 0.504. The predicted molar refractivity (Wildman–Crippen MR) is 89.3 cm³/mol. The summed E-state index contributed by atoms with van der Waals surface area (Å²) in [5.41, 5.74) is 0.846. The average Bonchev–Trinajstić information content (AvgIpc) is 3.18. The van der Waals surface area contributed by atoms with E-state index in [1.165, 1.54) is 12.8 Å². The van der Waals surface area contributed by atoms with Crippen LogP contribution in [0.15, 0.2) is 28.8 Å². The molecule has 0 atom stereocenters. The van der Waals surface area contributed by atoms with Gasteiger partial charge >= 0.3 is 0 Å². The summed E-state index contributed by atoms with van der Waals surface area (Å²) in [7, 11) is 0. The van der Waals surface area contributed by atoms with Crippen molar-refractivity contribution in [3.8, 4) is 0 Å². The first-order valence-corrected chi connectivity index (χ1v) is 8.95. The normalized spacial score (nSPS) is 18.4. The van der Waals surface area contributed by atoms with Crippen molar-refractivity contribution in [2.24, 2.45) is 0 Å². The van der Waals surface area contributed by atoms with Crippen LogP contribution in [0.3, 0.4) is 0 Å². The summed E-state index contributed by atoms with van der Waals surface area (Å²) in [5, 5.41) is 11.8. The van der Waals surface area contributed by atoms with Crippen LogP contribution in [0.1, 0.15) is 18.9 Å². The van der Waals surface area contributed by atoms with Crippen LogP contribution in [-0.4, -0.2) is 56.0 Å². The van der Waals surface area contributed by atoms with Crippen molar-refractivity contribution in [3.63, 3.8) is 0 Å². The molecule has 24 heavy (non-hydrogen) atoms. The lowest BCUT2D eigenvalue weighted by Crippen LogP contribution is -2.38. The fraction of sp³-hybridized carbons (Fsp3) is 0.467. The molecule has 5 rings (SSSR count). The summed E-state index contributed by atoms with van der Waals surface area (Å²) in [6.07, 6.45) is 5.84. The molecule has 1 saturated heterocycles. The number of rotatable bonds is 4. The highest BCUT2D eigenvalue weighted by Crippen LogP contribution is 2.42. The predicted octanol–water partition coefficient (Wildman–Crippen LogP) is 1.87. The number of ether oxygens (including phenoxy) is 1. The third kappa shape index (κ3) is 2.44. The van der Waals surface area contributed by atoms with Crippen LogP contribution in [0, 0.1) is 0 Å². The van der Waals surface area contributed by atoms with Gasteiger partial charge in [0.05, 0.1) is 18.6 Å². The maximum absolute atomic E-state index is 5.45. The average molecular weight is 343 g/mol. The SMILES string of the molecule is c1nc(Sc2nnc(N3CCOCC3)n2C2CC2)c2cc[nH]c2n1. The van der Waals surface area contributed by atoms with Crippen molar-refractivity contribution in [1.29, 1.82) is 0 Å². The van der Waals surface area contributed by atoms with Crippen LogP contribution in [0.4, 0.5) is 5.95 Å². The van der Waals surface area contributed by atoms with Crippen molar-refractivity contribution in [1.82, 2.24) is 29.7 Å². The van der Waals surface area contributed by atoms with E-state index in [1.807, 2.05) is 12.3 Å². The molecule has 2 fully saturated rings. The lowest BCUT2D eigenvalue weighted by Gasteiger charge is -2.27. The molecule has 1 N–H and O–H groups in total. The van der Waals surface area contributed by atoms with Crippen molar-refractivity contribution >= 4 is 28.7 Å². The highest BCUT2D eigenvalue weighted by molar-refractivity contribution is 7.99. The largest absolute Gasteiger partial charge is 0.378 e. The minimum Gasteiger partial charge on any atom is -0.378 e. The summed E-state index contributed by atoms with van der Waals surface area (Å²) in [5.74, 6) is 0.961. The Hall–Kier alpha value is -2.13. The Kier molecular flexibility index (Phi) is 3.41. The van der Waals surface area contributed by atoms with Crippen LogP contribution in [0.5, 0.6) is 0 Å². The lowest BCUT2D eigenvalue weighted by atomic mass is 10.4. The highest BCUT2D eigenvalue weighted by Gasteiger charge is 2.32. The van der Waals surface area contributed by atoms with E-state index in [0.717, 1.165) is 53.5 Å². The Labute approximate surface area is 142 Å². The van der Waals surface area contributed by atoms with E-state index in [-0.39, 0.29) is 0 Å². The van der Waals surface area contributed by atoms with Crippen molar-refractivity contribution < 1.29 is 4.74 Å². The van der Waals surface area contributed by atoms with Crippen molar-refractivity contribution in [3.05, 3.63) is 18.6 Å². The molecule has 2 aliphatic rings. The van der Waals surface area contributed by atoms with E-state index < -0.39 is 0 Å². The molecule has 0 radical (unpaired) electrons. The van der Waals surface area contributed by atoms with E-state index in [1.54, 1.807) is 18.1 Å². The van der Waals surface area contributed by atoms with Crippen LogP contribution < -0.4 is 4.90 Å². The van der Waals surface area contributed by atoms with Gasteiger partial charge in [-0.15, -0.1) is 10.2 Å². The zero-order chi connectivity index (χ0) is 15.9. The summed E-state index contributed by atoms with van der Waals surface area (Å²) < 4.78 is 7.73. The van der Waals surface area contributed by atoms with Crippen molar-refractivity contribution in [2.75, 3.05) is 31.2 Å². The van der Waals surface area contributed by atoms with Gasteiger partial charge in [0.1, 0.15) is 17.0 Å². The number of morpholine rings is 1. The number of hydrogen-bond acceptors (Lipinski definition) is 7. The number of hydrogen-bond donors (Lipinski definition) is 1. The van der Waals surface area contributed by atoms with Gasteiger partial charge in [-0.2, -0.15) is 0 Å². The maximum atomic E-state index is 5.45. The maximum Gasteiger partial charge on any atom is 0.228 e. The smallest absolute Gasteiger partial charge is 0.228 e. The number of fused-ring (bicyclic) bond motifs is 1. The van der Waals surface area contributed by atoms with Crippen molar-refractivity contribution in [2.45, 2.75) is 29.1 Å². The van der Waals surface area contributed by atoms with Crippen LogP contribution >= 0.6 is 11.8 Å². The van der Waals surface area contributed by atoms with Crippen LogP contribution in [0.25, 0.3) is 11.0 Å². The van der Waals surface area contributed by atoms with Gasteiger partial charge in [0, 0.05) is 25.3 Å². The fourth-order valence-electron chi connectivity index (χ4n) is 2.99. The summed E-state index contributed by atoms with van der Waals surface area (Å²) in [6.45, 7) is 3.22. The second kappa shape index (κ2) is 5.75. The molecule has 4 heterocycles. The van der Waals surface area contributed by atoms with E-state index in [9.17, 15) is 0 Å². The zero-order valence-corrected chi connectivity index (χ0v) is 13.9. The molecule has 1 aliphatic carbocycles. The van der Waals surface area contributed by atoms with E-state index in [0.29, 0.717) is 6.04 Å². The van der Waals surface area contributed by atoms with E-state index >= 15 is 0 Å². The second-order valence-electron chi connectivity index (χ2n) is 6.00. The Morgan fingerprint density at radius 3 is 2.88 bits per heavy atom. The molecule has 9 heteroatoms. The number of nitrogens with one attached hydrogen (secondary N) is 1. The van der Waals surface area contributed by atoms with Gasteiger partial charge in [-0.05, 0) is 30.7 Å². The Morgan fingerprint density at radius 1 is 1.17 bits per heavy atom. The standard InChI is InChI=1S/C15H17N7OS/c1-2-10(1)22-14(21-5-7-23-8-6-21)19-20-15(22)24-13-11-3-4-16-12(11)17-9-18-13/h3-4,9-10H,1-2,5-8H2,(H,16,17,18). The summed E-state index contributed by atoms with van der Waals surface area (Å²) in [6, 6.07) is 2.50. The Morgan fingerprint density at radius 2 is 2.04 bits per heavy atom. The second-order valence-corrected chi connectivity index (χ2v) is 6.96. The van der Waals surface area contributed by atoms with Gasteiger partial charge in [0.15, 0.2) is 5.16 Å². The van der Waals surface area contributed by atoms with Gasteiger partial charge in [-0.1, -0.05) is 0 Å². The highest BCUT2D eigenvalue weighted by atomic mass is 32.2. The lowest BCUT2D eigenvalue weighted by molar-refractivity contribution is 0.121. The minimum atomic E-state index is 0.504.